The molecule has 1 fully saturated rings. The summed E-state index contributed by atoms with van der Waals surface area (Å²) in [6, 6.07) is 12.9. The van der Waals surface area contributed by atoms with Gasteiger partial charge in [-0.1, -0.05) is 18.2 Å². The summed E-state index contributed by atoms with van der Waals surface area (Å²) in [5.41, 5.74) is 8.01. The van der Waals surface area contributed by atoms with Crippen LogP contribution in [0.4, 0.5) is 0 Å². The Balaban J connectivity index is 1.69. The Morgan fingerprint density at radius 2 is 2.05 bits per heavy atom. The molecule has 0 spiro atoms. The van der Waals surface area contributed by atoms with Gasteiger partial charge in [-0.2, -0.15) is 5.10 Å². The van der Waals surface area contributed by atoms with Crippen molar-refractivity contribution in [1.29, 1.82) is 0 Å². The molecule has 0 saturated carbocycles. The lowest BCUT2D eigenvalue weighted by atomic mass is 10.1. The zero-order valence-electron chi connectivity index (χ0n) is 11.9. The number of likely N-dealkylation sites (tertiary alicyclic amines) is 1. The topological polar surface area (TPSA) is 47.1 Å². The average Bonchev–Trinajstić information content (AvgIpc) is 3.08. The highest BCUT2D eigenvalue weighted by Gasteiger charge is 2.28. The third-order valence-corrected chi connectivity index (χ3v) is 4.15. The highest BCUT2D eigenvalue weighted by molar-refractivity contribution is 5.30. The number of nitrogens with two attached hydrogens (primary N) is 1. The van der Waals surface area contributed by atoms with Crippen LogP contribution in [-0.2, 0) is 6.54 Å². The summed E-state index contributed by atoms with van der Waals surface area (Å²) in [5.74, 6) is 0.640. The van der Waals surface area contributed by atoms with Crippen molar-refractivity contribution in [2.45, 2.75) is 25.9 Å². The first-order chi connectivity index (χ1) is 9.76. The Morgan fingerprint density at radius 3 is 2.75 bits per heavy atom. The predicted molar refractivity (Wildman–Crippen MR) is 80.6 cm³/mol. The summed E-state index contributed by atoms with van der Waals surface area (Å²) >= 11 is 0. The lowest BCUT2D eigenvalue weighted by Gasteiger charge is -2.19. The number of hydrogen-bond acceptors (Lipinski definition) is 3. The molecule has 2 atom stereocenters. The maximum Gasteiger partial charge on any atom is 0.0769 e. The third-order valence-electron chi connectivity index (χ3n) is 4.15. The molecule has 1 aliphatic rings. The Kier molecular flexibility index (Phi) is 3.85. The normalized spacial score (nSPS) is 23.3. The smallest absolute Gasteiger partial charge is 0.0769 e. The molecule has 1 aliphatic heterocycles. The second kappa shape index (κ2) is 5.77. The molecule has 1 aromatic carbocycles. The molecule has 0 radical (unpaired) electrons. The summed E-state index contributed by atoms with van der Waals surface area (Å²) in [4.78, 5) is 2.48. The molecule has 2 aromatic rings. The van der Waals surface area contributed by atoms with Crippen LogP contribution in [0.2, 0.25) is 0 Å². The van der Waals surface area contributed by atoms with Crippen LogP contribution in [0.1, 0.15) is 19.0 Å². The van der Waals surface area contributed by atoms with Crippen LogP contribution in [0.5, 0.6) is 0 Å². The summed E-state index contributed by atoms with van der Waals surface area (Å²) in [5, 5.41) is 4.67. The molecule has 3 rings (SSSR count). The van der Waals surface area contributed by atoms with Crippen LogP contribution in [0.25, 0.3) is 5.69 Å². The van der Waals surface area contributed by atoms with Gasteiger partial charge in [0.2, 0.25) is 0 Å². The molecule has 1 saturated heterocycles. The van der Waals surface area contributed by atoms with Gasteiger partial charge in [-0.15, -0.1) is 0 Å². The molecule has 0 amide bonds. The number of para-hydroxylation sites is 1. The molecule has 2 N–H and O–H groups in total. The van der Waals surface area contributed by atoms with Crippen LogP contribution >= 0.6 is 0 Å². The summed E-state index contributed by atoms with van der Waals surface area (Å²) in [7, 11) is 0. The van der Waals surface area contributed by atoms with Gasteiger partial charge in [-0.3, -0.25) is 4.90 Å². The minimum atomic E-state index is 0.602. The lowest BCUT2D eigenvalue weighted by Crippen LogP contribution is -2.27. The zero-order valence-corrected chi connectivity index (χ0v) is 11.9. The van der Waals surface area contributed by atoms with E-state index in [1.54, 1.807) is 0 Å². The van der Waals surface area contributed by atoms with Gasteiger partial charge in [-0.05, 0) is 44.0 Å². The van der Waals surface area contributed by atoms with Crippen LogP contribution in [0.15, 0.2) is 42.6 Å². The summed E-state index contributed by atoms with van der Waals surface area (Å²) < 4.78 is 1.94. The van der Waals surface area contributed by atoms with Gasteiger partial charge in [0.05, 0.1) is 11.4 Å². The van der Waals surface area contributed by atoms with E-state index in [-0.39, 0.29) is 0 Å². The standard InChI is InChI=1S/C16H22N4/c1-13-9-14(10-17)11-19(13)12-15-7-8-20(18-15)16-5-3-2-4-6-16/h2-8,13-14H,9-12,17H2,1H3. The maximum absolute atomic E-state index is 5.79. The predicted octanol–water partition coefficient (Wildman–Crippen LogP) is 2.04. The first-order valence-electron chi connectivity index (χ1n) is 7.30. The van der Waals surface area contributed by atoms with E-state index < -0.39 is 0 Å². The maximum atomic E-state index is 5.79. The molecule has 4 nitrogen and oxygen atoms in total. The second-order valence-corrected chi connectivity index (χ2v) is 5.70. The van der Waals surface area contributed by atoms with Gasteiger partial charge >= 0.3 is 0 Å². The average molecular weight is 270 g/mol. The van der Waals surface area contributed by atoms with Gasteiger partial charge in [-0.25, -0.2) is 4.68 Å². The van der Waals surface area contributed by atoms with Crippen molar-refractivity contribution in [3.63, 3.8) is 0 Å². The SMILES string of the molecule is CC1CC(CN)CN1Cc1ccn(-c2ccccc2)n1. The second-order valence-electron chi connectivity index (χ2n) is 5.70. The Labute approximate surface area is 120 Å². The van der Waals surface area contributed by atoms with E-state index >= 15 is 0 Å². The van der Waals surface area contributed by atoms with Crippen molar-refractivity contribution in [3.8, 4) is 5.69 Å². The van der Waals surface area contributed by atoms with E-state index in [9.17, 15) is 0 Å². The monoisotopic (exact) mass is 270 g/mol. The quantitative estimate of drug-likeness (QED) is 0.925. The van der Waals surface area contributed by atoms with E-state index in [0.29, 0.717) is 12.0 Å². The largest absolute Gasteiger partial charge is 0.330 e. The molecular weight excluding hydrogens is 248 g/mol. The molecule has 20 heavy (non-hydrogen) atoms. The van der Waals surface area contributed by atoms with Gasteiger partial charge in [0.1, 0.15) is 0 Å². The van der Waals surface area contributed by atoms with E-state index in [1.807, 2.05) is 29.1 Å². The molecule has 2 heterocycles. The fourth-order valence-electron chi connectivity index (χ4n) is 2.99. The third kappa shape index (κ3) is 2.76. The van der Waals surface area contributed by atoms with Crippen molar-refractivity contribution in [2.24, 2.45) is 11.7 Å². The highest BCUT2D eigenvalue weighted by Crippen LogP contribution is 2.23. The minimum Gasteiger partial charge on any atom is -0.330 e. The minimum absolute atomic E-state index is 0.602. The van der Waals surface area contributed by atoms with Gasteiger partial charge in [0.15, 0.2) is 0 Å². The number of rotatable bonds is 4. The van der Waals surface area contributed by atoms with E-state index in [0.717, 1.165) is 31.0 Å². The van der Waals surface area contributed by atoms with Crippen LogP contribution < -0.4 is 5.73 Å². The first-order valence-corrected chi connectivity index (χ1v) is 7.30. The van der Waals surface area contributed by atoms with E-state index in [4.69, 9.17) is 5.73 Å². The number of nitrogens with zero attached hydrogens (tertiary/aromatic N) is 3. The van der Waals surface area contributed by atoms with Crippen molar-refractivity contribution >= 4 is 0 Å². The molecule has 4 heteroatoms. The van der Waals surface area contributed by atoms with Gasteiger partial charge < -0.3 is 5.73 Å². The summed E-state index contributed by atoms with van der Waals surface area (Å²) in [6.45, 7) is 5.08. The Hall–Kier alpha value is -1.65. The molecule has 1 aromatic heterocycles. The fraction of sp³-hybridized carbons (Fsp3) is 0.438. The molecule has 0 aliphatic carbocycles. The van der Waals surface area contributed by atoms with E-state index in [1.165, 1.54) is 6.42 Å². The first kappa shape index (κ1) is 13.3. The van der Waals surface area contributed by atoms with Crippen molar-refractivity contribution in [1.82, 2.24) is 14.7 Å². The molecule has 0 bridgehead atoms. The van der Waals surface area contributed by atoms with Crippen molar-refractivity contribution in [2.75, 3.05) is 13.1 Å². The number of hydrogen-bond donors (Lipinski definition) is 1. The fourth-order valence-corrected chi connectivity index (χ4v) is 2.99. The molecule has 106 valence electrons. The lowest BCUT2D eigenvalue weighted by molar-refractivity contribution is 0.252. The number of aromatic nitrogens is 2. The van der Waals surface area contributed by atoms with Crippen molar-refractivity contribution in [3.05, 3.63) is 48.3 Å². The molecule has 2 unspecified atom stereocenters. The van der Waals surface area contributed by atoms with Gasteiger partial charge in [0, 0.05) is 25.3 Å². The Morgan fingerprint density at radius 1 is 1.25 bits per heavy atom. The van der Waals surface area contributed by atoms with Gasteiger partial charge in [0.25, 0.3) is 0 Å². The molecular formula is C16H22N4. The van der Waals surface area contributed by atoms with Crippen molar-refractivity contribution < 1.29 is 0 Å². The zero-order chi connectivity index (χ0) is 13.9. The number of benzene rings is 1. The Bertz CT molecular complexity index is 549. The van der Waals surface area contributed by atoms with Crippen LogP contribution in [0.3, 0.4) is 0 Å². The van der Waals surface area contributed by atoms with Crippen LogP contribution in [0, 0.1) is 5.92 Å². The van der Waals surface area contributed by atoms with E-state index in [2.05, 4.69) is 35.1 Å². The summed E-state index contributed by atoms with van der Waals surface area (Å²) in [6.07, 6.45) is 3.24. The highest BCUT2D eigenvalue weighted by atomic mass is 15.3. The van der Waals surface area contributed by atoms with Crippen LogP contribution in [-0.4, -0.2) is 33.8 Å².